The van der Waals surface area contributed by atoms with E-state index in [9.17, 15) is 0 Å². The van der Waals surface area contributed by atoms with Crippen molar-refractivity contribution < 1.29 is 9.47 Å². The highest BCUT2D eigenvalue weighted by Crippen LogP contribution is 2.20. The molecule has 130 valence electrons. The van der Waals surface area contributed by atoms with Gasteiger partial charge in [-0.15, -0.1) is 0 Å². The Kier molecular flexibility index (Phi) is 6.29. The summed E-state index contributed by atoms with van der Waals surface area (Å²) in [5.74, 6) is 1.85. The van der Waals surface area contributed by atoms with Crippen molar-refractivity contribution in [1.29, 1.82) is 0 Å². The van der Waals surface area contributed by atoms with Gasteiger partial charge in [-0.1, -0.05) is 42.5 Å². The Labute approximate surface area is 149 Å². The summed E-state index contributed by atoms with van der Waals surface area (Å²) < 4.78 is 11.1. The van der Waals surface area contributed by atoms with Crippen LogP contribution in [0.5, 0.6) is 11.5 Å². The van der Waals surface area contributed by atoms with Crippen LogP contribution in [0.25, 0.3) is 10.8 Å². The lowest BCUT2D eigenvalue weighted by Gasteiger charge is -2.08. The molecule has 0 radical (unpaired) electrons. The van der Waals surface area contributed by atoms with Crippen molar-refractivity contribution >= 4 is 10.8 Å². The lowest BCUT2D eigenvalue weighted by molar-refractivity contribution is 0.306. The molecule has 3 heteroatoms. The first-order valence-electron chi connectivity index (χ1n) is 8.80. The van der Waals surface area contributed by atoms with Gasteiger partial charge in [0, 0.05) is 6.54 Å². The average molecular weight is 335 g/mol. The minimum atomic E-state index is 0.749. The predicted molar refractivity (Wildman–Crippen MR) is 103 cm³/mol. The second-order valence-electron chi connectivity index (χ2n) is 6.09. The van der Waals surface area contributed by atoms with Crippen molar-refractivity contribution in [1.82, 2.24) is 5.32 Å². The summed E-state index contributed by atoms with van der Waals surface area (Å²) in [5, 5.41) is 5.93. The number of methoxy groups -OCH3 is 1. The van der Waals surface area contributed by atoms with Crippen molar-refractivity contribution in [2.45, 2.75) is 19.4 Å². The zero-order chi connectivity index (χ0) is 17.3. The van der Waals surface area contributed by atoms with E-state index in [-0.39, 0.29) is 0 Å². The highest BCUT2D eigenvalue weighted by molar-refractivity contribution is 5.83. The Hall–Kier alpha value is -2.52. The molecule has 0 aliphatic carbocycles. The van der Waals surface area contributed by atoms with E-state index in [0.717, 1.165) is 44.0 Å². The normalized spacial score (nSPS) is 10.8. The van der Waals surface area contributed by atoms with E-state index >= 15 is 0 Å². The molecule has 0 saturated carbocycles. The van der Waals surface area contributed by atoms with Crippen LogP contribution in [0.2, 0.25) is 0 Å². The number of hydrogen-bond acceptors (Lipinski definition) is 3. The first-order chi connectivity index (χ1) is 12.3. The van der Waals surface area contributed by atoms with Gasteiger partial charge in [-0.2, -0.15) is 0 Å². The molecule has 0 aliphatic rings. The van der Waals surface area contributed by atoms with Gasteiger partial charge in [-0.3, -0.25) is 0 Å². The summed E-state index contributed by atoms with van der Waals surface area (Å²) >= 11 is 0. The van der Waals surface area contributed by atoms with Crippen LogP contribution in [0.4, 0.5) is 0 Å². The minimum absolute atomic E-state index is 0.749. The largest absolute Gasteiger partial charge is 0.497 e. The second kappa shape index (κ2) is 9.09. The molecule has 0 spiro atoms. The molecule has 3 rings (SSSR count). The predicted octanol–water partition coefficient (Wildman–Crippen LogP) is 4.80. The Morgan fingerprint density at radius 2 is 1.68 bits per heavy atom. The van der Waals surface area contributed by atoms with E-state index < -0.39 is 0 Å². The molecule has 0 unspecified atom stereocenters. The molecule has 25 heavy (non-hydrogen) atoms. The molecular formula is C22H25NO2. The molecule has 0 heterocycles. The number of fused-ring (bicyclic) bond motifs is 1. The molecule has 0 bridgehead atoms. The van der Waals surface area contributed by atoms with Crippen LogP contribution >= 0.6 is 0 Å². The van der Waals surface area contributed by atoms with Crippen LogP contribution in [0.3, 0.4) is 0 Å². The van der Waals surface area contributed by atoms with E-state index in [1.54, 1.807) is 7.11 Å². The molecule has 3 aromatic rings. The number of hydrogen-bond donors (Lipinski definition) is 1. The third kappa shape index (κ3) is 5.23. The molecule has 0 fully saturated rings. The van der Waals surface area contributed by atoms with E-state index in [1.807, 2.05) is 18.2 Å². The lowest BCUT2D eigenvalue weighted by atomic mass is 10.1. The molecule has 0 aromatic heterocycles. The van der Waals surface area contributed by atoms with Crippen molar-refractivity contribution in [2.24, 2.45) is 0 Å². The summed E-state index contributed by atoms with van der Waals surface area (Å²) in [6.07, 6.45) is 2.13. The standard InChI is InChI=1S/C22H25NO2/c1-24-21-10-6-7-18(15-21)17-23-13-4-5-14-25-22-12-11-19-8-2-3-9-20(19)16-22/h2-3,6-12,15-16,23H,4-5,13-14,17H2,1H3. The van der Waals surface area contributed by atoms with Gasteiger partial charge < -0.3 is 14.8 Å². The zero-order valence-corrected chi connectivity index (χ0v) is 14.7. The van der Waals surface area contributed by atoms with Crippen LogP contribution in [0.1, 0.15) is 18.4 Å². The zero-order valence-electron chi connectivity index (χ0n) is 14.7. The topological polar surface area (TPSA) is 30.5 Å². The summed E-state index contributed by atoms with van der Waals surface area (Å²) in [7, 11) is 1.70. The highest BCUT2D eigenvalue weighted by atomic mass is 16.5. The number of rotatable bonds is 9. The molecule has 0 atom stereocenters. The maximum absolute atomic E-state index is 5.86. The van der Waals surface area contributed by atoms with Gasteiger partial charge in [-0.25, -0.2) is 0 Å². The fourth-order valence-corrected chi connectivity index (χ4v) is 2.81. The van der Waals surface area contributed by atoms with Crippen molar-refractivity contribution in [2.75, 3.05) is 20.3 Å². The minimum Gasteiger partial charge on any atom is -0.497 e. The van der Waals surface area contributed by atoms with Gasteiger partial charge in [-0.05, 0) is 60.0 Å². The summed E-state index contributed by atoms with van der Waals surface area (Å²) in [5.41, 5.74) is 1.24. The molecular weight excluding hydrogens is 310 g/mol. The van der Waals surface area contributed by atoms with Gasteiger partial charge in [0.05, 0.1) is 13.7 Å². The number of unbranched alkanes of at least 4 members (excludes halogenated alkanes) is 1. The molecule has 0 aliphatic heterocycles. The molecule has 0 amide bonds. The molecule has 0 saturated heterocycles. The fourth-order valence-electron chi connectivity index (χ4n) is 2.81. The highest BCUT2D eigenvalue weighted by Gasteiger charge is 1.98. The van der Waals surface area contributed by atoms with E-state index in [0.29, 0.717) is 0 Å². The average Bonchev–Trinajstić information content (AvgIpc) is 2.67. The van der Waals surface area contributed by atoms with Gasteiger partial charge >= 0.3 is 0 Å². The number of benzene rings is 3. The van der Waals surface area contributed by atoms with Crippen LogP contribution in [0.15, 0.2) is 66.7 Å². The first-order valence-corrected chi connectivity index (χ1v) is 8.80. The van der Waals surface area contributed by atoms with Gasteiger partial charge in [0.25, 0.3) is 0 Å². The second-order valence-corrected chi connectivity index (χ2v) is 6.09. The van der Waals surface area contributed by atoms with Crippen LogP contribution in [-0.4, -0.2) is 20.3 Å². The number of ether oxygens (including phenoxy) is 2. The lowest BCUT2D eigenvalue weighted by Crippen LogP contribution is -2.15. The SMILES string of the molecule is COc1cccc(CNCCCCOc2ccc3ccccc3c2)c1. The summed E-state index contributed by atoms with van der Waals surface area (Å²) in [6.45, 7) is 2.60. The van der Waals surface area contributed by atoms with Crippen LogP contribution < -0.4 is 14.8 Å². The van der Waals surface area contributed by atoms with E-state index in [1.165, 1.54) is 16.3 Å². The van der Waals surface area contributed by atoms with E-state index in [2.05, 4.69) is 53.8 Å². The monoisotopic (exact) mass is 335 g/mol. The third-order valence-corrected chi connectivity index (χ3v) is 4.20. The van der Waals surface area contributed by atoms with Crippen molar-refractivity contribution in [3.63, 3.8) is 0 Å². The Bertz CT molecular complexity index is 801. The molecule has 3 nitrogen and oxygen atoms in total. The number of nitrogens with one attached hydrogen (secondary N) is 1. The maximum Gasteiger partial charge on any atom is 0.119 e. The Morgan fingerprint density at radius 1 is 0.800 bits per heavy atom. The Morgan fingerprint density at radius 3 is 2.56 bits per heavy atom. The first kappa shape index (κ1) is 17.3. The third-order valence-electron chi connectivity index (χ3n) is 4.20. The maximum atomic E-state index is 5.86. The Balaban J connectivity index is 1.33. The van der Waals surface area contributed by atoms with Crippen molar-refractivity contribution in [3.8, 4) is 11.5 Å². The van der Waals surface area contributed by atoms with Gasteiger partial charge in [0.1, 0.15) is 11.5 Å². The van der Waals surface area contributed by atoms with Crippen LogP contribution in [0, 0.1) is 0 Å². The summed E-state index contributed by atoms with van der Waals surface area (Å²) in [6, 6.07) is 22.8. The van der Waals surface area contributed by atoms with Crippen LogP contribution in [-0.2, 0) is 6.54 Å². The summed E-state index contributed by atoms with van der Waals surface area (Å²) in [4.78, 5) is 0. The molecule has 3 aromatic carbocycles. The van der Waals surface area contributed by atoms with Gasteiger partial charge in [0.2, 0.25) is 0 Å². The van der Waals surface area contributed by atoms with Crippen molar-refractivity contribution in [3.05, 3.63) is 72.3 Å². The smallest absolute Gasteiger partial charge is 0.119 e. The fraction of sp³-hybridized carbons (Fsp3) is 0.273. The molecule has 1 N–H and O–H groups in total. The van der Waals surface area contributed by atoms with Gasteiger partial charge in [0.15, 0.2) is 0 Å². The quantitative estimate of drug-likeness (QED) is 0.570. The van der Waals surface area contributed by atoms with E-state index in [4.69, 9.17) is 9.47 Å².